The zero-order valence-electron chi connectivity index (χ0n) is 14.1. The van der Waals surface area contributed by atoms with E-state index in [1.807, 2.05) is 12.1 Å². The van der Waals surface area contributed by atoms with Crippen LogP contribution in [0.1, 0.15) is 15.9 Å². The average molecular weight is 377 g/mol. The fraction of sp³-hybridized carbons (Fsp3) is 0.0526. The summed E-state index contributed by atoms with van der Waals surface area (Å²) in [5.41, 5.74) is 7.86. The first-order valence-electron chi connectivity index (χ1n) is 8.14. The Morgan fingerprint density at radius 1 is 1.15 bits per heavy atom. The summed E-state index contributed by atoms with van der Waals surface area (Å²) in [4.78, 5) is 34.4. The molecule has 0 aliphatic heterocycles. The van der Waals surface area contributed by atoms with Crippen molar-refractivity contribution < 1.29 is 4.79 Å². The van der Waals surface area contributed by atoms with E-state index < -0.39 is 0 Å². The number of nitrogens with one attached hydrogen (secondary N) is 1. The number of rotatable bonds is 4. The number of nitrogen functional groups attached to an aromatic ring is 1. The third-order valence-electron chi connectivity index (χ3n) is 4.08. The molecule has 0 fully saturated rings. The smallest absolute Gasteiger partial charge is 0.263 e. The second kappa shape index (κ2) is 7.00. The lowest BCUT2D eigenvalue weighted by atomic mass is 10.2. The predicted octanol–water partition coefficient (Wildman–Crippen LogP) is 2.74. The Bertz CT molecular complexity index is 1170. The van der Waals surface area contributed by atoms with Crippen molar-refractivity contribution in [1.29, 1.82) is 0 Å². The standard InChI is InChI=1S/C19H15N5O2S/c20-13-1-3-14(4-2-13)23-17(25)15-10-27-18-16(15)19(26)24(11-22-18)9-12-5-7-21-8-6-12/h1-8,10-11H,9,20H2,(H,23,25). The summed E-state index contributed by atoms with van der Waals surface area (Å²) in [6.45, 7) is 0.360. The van der Waals surface area contributed by atoms with Gasteiger partial charge in [0.2, 0.25) is 0 Å². The minimum Gasteiger partial charge on any atom is -0.399 e. The van der Waals surface area contributed by atoms with Gasteiger partial charge in [-0.2, -0.15) is 0 Å². The molecule has 1 aromatic carbocycles. The van der Waals surface area contributed by atoms with Gasteiger partial charge in [0.1, 0.15) is 4.83 Å². The highest BCUT2D eigenvalue weighted by Crippen LogP contribution is 2.22. The van der Waals surface area contributed by atoms with Crippen molar-refractivity contribution in [2.24, 2.45) is 0 Å². The van der Waals surface area contributed by atoms with Crippen molar-refractivity contribution in [2.75, 3.05) is 11.1 Å². The summed E-state index contributed by atoms with van der Waals surface area (Å²) < 4.78 is 1.49. The molecule has 0 unspecified atom stereocenters. The van der Waals surface area contributed by atoms with E-state index >= 15 is 0 Å². The highest BCUT2D eigenvalue weighted by Gasteiger charge is 2.17. The molecule has 1 amide bonds. The molecular formula is C19H15N5O2S. The van der Waals surface area contributed by atoms with Crippen molar-refractivity contribution in [1.82, 2.24) is 14.5 Å². The molecule has 8 heteroatoms. The number of nitrogens with zero attached hydrogens (tertiary/aromatic N) is 3. The van der Waals surface area contributed by atoms with Crippen molar-refractivity contribution >= 4 is 38.8 Å². The molecule has 0 saturated heterocycles. The molecule has 0 saturated carbocycles. The summed E-state index contributed by atoms with van der Waals surface area (Å²) in [5.74, 6) is -0.355. The first-order chi connectivity index (χ1) is 13.1. The summed E-state index contributed by atoms with van der Waals surface area (Å²) in [6, 6.07) is 10.5. The van der Waals surface area contributed by atoms with E-state index in [2.05, 4.69) is 15.3 Å². The van der Waals surface area contributed by atoms with Crippen LogP contribution >= 0.6 is 11.3 Å². The SMILES string of the molecule is Nc1ccc(NC(=O)c2csc3ncn(Cc4ccncc4)c(=O)c23)cc1. The number of carbonyl (C=O) groups excluding carboxylic acids is 1. The molecule has 3 aromatic heterocycles. The lowest BCUT2D eigenvalue weighted by molar-refractivity contribution is 0.102. The highest BCUT2D eigenvalue weighted by atomic mass is 32.1. The summed E-state index contributed by atoms with van der Waals surface area (Å²) in [5, 5.41) is 4.77. The minimum atomic E-state index is -0.355. The quantitative estimate of drug-likeness (QED) is 0.532. The van der Waals surface area contributed by atoms with Gasteiger partial charge in [0.25, 0.3) is 11.5 Å². The van der Waals surface area contributed by atoms with Gasteiger partial charge in [0.05, 0.1) is 23.8 Å². The van der Waals surface area contributed by atoms with E-state index in [1.165, 1.54) is 22.2 Å². The van der Waals surface area contributed by atoms with Gasteiger partial charge >= 0.3 is 0 Å². The molecule has 0 spiro atoms. The molecule has 0 atom stereocenters. The topological polar surface area (TPSA) is 103 Å². The van der Waals surface area contributed by atoms with Crippen LogP contribution in [0.5, 0.6) is 0 Å². The van der Waals surface area contributed by atoms with Crippen LogP contribution in [-0.4, -0.2) is 20.4 Å². The molecule has 4 rings (SSSR count). The van der Waals surface area contributed by atoms with E-state index in [-0.39, 0.29) is 11.5 Å². The van der Waals surface area contributed by atoms with Crippen LogP contribution in [0, 0.1) is 0 Å². The van der Waals surface area contributed by atoms with Crippen molar-refractivity contribution in [3.8, 4) is 0 Å². The second-order valence-corrected chi connectivity index (χ2v) is 6.80. The maximum absolute atomic E-state index is 12.9. The first kappa shape index (κ1) is 16.9. The molecule has 0 radical (unpaired) electrons. The van der Waals surface area contributed by atoms with Crippen LogP contribution in [0.3, 0.4) is 0 Å². The summed E-state index contributed by atoms with van der Waals surface area (Å²) >= 11 is 1.27. The number of pyridine rings is 1. The molecule has 27 heavy (non-hydrogen) atoms. The molecule has 3 heterocycles. The maximum Gasteiger partial charge on any atom is 0.263 e. The number of thiophene rings is 1. The number of aromatic nitrogens is 3. The van der Waals surface area contributed by atoms with Gasteiger partial charge in [-0.1, -0.05) is 0 Å². The zero-order chi connectivity index (χ0) is 18.8. The third kappa shape index (κ3) is 3.42. The van der Waals surface area contributed by atoms with Gasteiger partial charge < -0.3 is 11.1 Å². The molecule has 0 aliphatic carbocycles. The fourth-order valence-electron chi connectivity index (χ4n) is 2.70. The number of nitrogens with two attached hydrogens (primary N) is 1. The Morgan fingerprint density at radius 2 is 1.89 bits per heavy atom. The number of hydrogen-bond donors (Lipinski definition) is 2. The van der Waals surface area contributed by atoms with Crippen LogP contribution < -0.4 is 16.6 Å². The van der Waals surface area contributed by atoms with Gasteiger partial charge in [0.15, 0.2) is 0 Å². The third-order valence-corrected chi connectivity index (χ3v) is 4.96. The van der Waals surface area contributed by atoms with Crippen LogP contribution in [0.2, 0.25) is 0 Å². The number of fused-ring (bicyclic) bond motifs is 1. The number of anilines is 2. The van der Waals surface area contributed by atoms with Gasteiger partial charge in [-0.05, 0) is 42.0 Å². The molecule has 0 bridgehead atoms. The predicted molar refractivity (Wildman–Crippen MR) is 106 cm³/mol. The lowest BCUT2D eigenvalue weighted by Gasteiger charge is -2.07. The Kier molecular flexibility index (Phi) is 4.39. The van der Waals surface area contributed by atoms with Crippen LogP contribution in [0.4, 0.5) is 11.4 Å². The molecule has 134 valence electrons. The Morgan fingerprint density at radius 3 is 2.63 bits per heavy atom. The van der Waals surface area contributed by atoms with E-state index in [4.69, 9.17) is 5.73 Å². The van der Waals surface area contributed by atoms with Crippen molar-refractivity contribution in [2.45, 2.75) is 6.54 Å². The van der Waals surface area contributed by atoms with E-state index in [1.54, 1.807) is 42.0 Å². The van der Waals surface area contributed by atoms with E-state index in [0.29, 0.717) is 33.7 Å². The average Bonchev–Trinajstić information content (AvgIpc) is 3.12. The molecule has 3 N–H and O–H groups in total. The number of benzene rings is 1. The number of amides is 1. The fourth-order valence-corrected chi connectivity index (χ4v) is 3.57. The van der Waals surface area contributed by atoms with Gasteiger partial charge in [-0.15, -0.1) is 11.3 Å². The van der Waals surface area contributed by atoms with Crippen LogP contribution in [0.15, 0.2) is 65.3 Å². The minimum absolute atomic E-state index is 0.250. The maximum atomic E-state index is 12.9. The molecule has 0 aliphatic rings. The van der Waals surface area contributed by atoms with Gasteiger partial charge in [-0.25, -0.2) is 4.98 Å². The normalized spacial score (nSPS) is 10.8. The molecule has 7 nitrogen and oxygen atoms in total. The number of carbonyl (C=O) groups is 1. The monoisotopic (exact) mass is 377 g/mol. The zero-order valence-corrected chi connectivity index (χ0v) is 14.9. The largest absolute Gasteiger partial charge is 0.399 e. The second-order valence-electron chi connectivity index (χ2n) is 5.94. The summed E-state index contributed by atoms with van der Waals surface area (Å²) in [7, 11) is 0. The van der Waals surface area contributed by atoms with E-state index in [9.17, 15) is 9.59 Å². The highest BCUT2D eigenvalue weighted by molar-refractivity contribution is 7.17. The molecule has 4 aromatic rings. The first-order valence-corrected chi connectivity index (χ1v) is 9.02. The van der Waals surface area contributed by atoms with Crippen LogP contribution in [-0.2, 0) is 6.54 Å². The summed E-state index contributed by atoms with van der Waals surface area (Å²) in [6.07, 6.45) is 4.84. The van der Waals surface area contributed by atoms with Crippen molar-refractivity contribution in [3.05, 3.63) is 82.0 Å². The van der Waals surface area contributed by atoms with Crippen molar-refractivity contribution in [3.63, 3.8) is 0 Å². The van der Waals surface area contributed by atoms with Crippen LogP contribution in [0.25, 0.3) is 10.2 Å². The Labute approximate surface area is 158 Å². The van der Waals surface area contributed by atoms with E-state index in [0.717, 1.165) is 5.56 Å². The lowest BCUT2D eigenvalue weighted by Crippen LogP contribution is -2.23. The Hall–Kier alpha value is -3.52. The Balaban J connectivity index is 1.69. The number of hydrogen-bond acceptors (Lipinski definition) is 6. The molecular weight excluding hydrogens is 362 g/mol. The van der Waals surface area contributed by atoms with Gasteiger partial charge in [-0.3, -0.25) is 19.1 Å². The van der Waals surface area contributed by atoms with Gasteiger partial charge in [0, 0.05) is 29.1 Å².